The van der Waals surface area contributed by atoms with Gasteiger partial charge >= 0.3 is 12.0 Å². The number of benzene rings is 2. The molecule has 1 saturated heterocycles. The van der Waals surface area contributed by atoms with Crippen molar-refractivity contribution in [2.75, 3.05) is 44.9 Å². The topological polar surface area (TPSA) is 68.6 Å². The summed E-state index contributed by atoms with van der Waals surface area (Å²) in [4.78, 5) is 19.1. The van der Waals surface area contributed by atoms with Gasteiger partial charge in [-0.2, -0.15) is 4.98 Å². The molecule has 8 heteroatoms. The molecule has 1 aliphatic heterocycles. The molecule has 1 N–H and O–H groups in total. The van der Waals surface area contributed by atoms with Crippen LogP contribution in [0.3, 0.4) is 0 Å². The second-order valence-corrected chi connectivity index (χ2v) is 6.79. The summed E-state index contributed by atoms with van der Waals surface area (Å²) in [6, 6.07) is 12.6. The van der Waals surface area contributed by atoms with E-state index >= 15 is 0 Å². The summed E-state index contributed by atoms with van der Waals surface area (Å²) in [5.41, 5.74) is 2.45. The van der Waals surface area contributed by atoms with Gasteiger partial charge < -0.3 is 19.7 Å². The Bertz CT molecular complexity index is 1000. The zero-order chi connectivity index (χ0) is 20.2. The molecule has 0 atom stereocenters. The smallest absolute Gasteiger partial charge is 0.330 e. The minimum atomic E-state index is -0.404. The molecule has 0 unspecified atom stereocenters. The van der Waals surface area contributed by atoms with Crippen molar-refractivity contribution in [3.8, 4) is 6.01 Å². The average Bonchev–Trinajstić information content (AvgIpc) is 3.12. The predicted molar refractivity (Wildman–Crippen MR) is 108 cm³/mol. The predicted octanol–water partition coefficient (Wildman–Crippen LogP) is 2.82. The van der Waals surface area contributed by atoms with Crippen LogP contribution in [0.2, 0.25) is 0 Å². The van der Waals surface area contributed by atoms with Crippen molar-refractivity contribution in [1.29, 1.82) is 0 Å². The van der Waals surface area contributed by atoms with E-state index in [4.69, 9.17) is 9.47 Å². The number of ether oxygens (including phenoxy) is 2. The molecule has 1 aromatic heterocycles. The number of nitrogens with one attached hydrogen (secondary N) is 1. The Morgan fingerprint density at radius 2 is 2.00 bits per heavy atom. The molecule has 7 nitrogen and oxygen atoms in total. The number of halogens is 1. The third-order valence-electron chi connectivity index (χ3n) is 4.96. The molecule has 1 amide bonds. The molecular weight excluding hydrogens is 375 g/mol. The Hall–Kier alpha value is -3.13. The van der Waals surface area contributed by atoms with Crippen molar-refractivity contribution < 1.29 is 18.7 Å². The van der Waals surface area contributed by atoms with Crippen LogP contribution < -0.4 is 15.0 Å². The fraction of sp³-hybridized carbons (Fsp3) is 0.333. The Morgan fingerprint density at radius 1 is 1.24 bits per heavy atom. The van der Waals surface area contributed by atoms with Gasteiger partial charge in [0.2, 0.25) is 0 Å². The first-order valence-electron chi connectivity index (χ1n) is 9.58. The van der Waals surface area contributed by atoms with Crippen molar-refractivity contribution in [2.45, 2.75) is 6.42 Å². The highest BCUT2D eigenvalue weighted by atomic mass is 19.1. The molecule has 0 saturated carbocycles. The SMILES string of the molecule is COc1nc2cc(N3CCOCC3)c(F)cc2n1C(=O)NCCc1ccccc1. The van der Waals surface area contributed by atoms with E-state index in [9.17, 15) is 9.18 Å². The van der Waals surface area contributed by atoms with Crippen LogP contribution >= 0.6 is 0 Å². The molecule has 2 heterocycles. The summed E-state index contributed by atoms with van der Waals surface area (Å²) in [5, 5.41) is 2.85. The number of hydrogen-bond donors (Lipinski definition) is 1. The van der Waals surface area contributed by atoms with Gasteiger partial charge in [0.15, 0.2) is 0 Å². The Labute approximate surface area is 168 Å². The molecule has 0 spiro atoms. The van der Waals surface area contributed by atoms with Gasteiger partial charge in [-0.25, -0.2) is 13.8 Å². The number of methoxy groups -OCH3 is 1. The van der Waals surface area contributed by atoms with E-state index in [1.165, 1.54) is 17.7 Å². The number of hydrogen-bond acceptors (Lipinski definition) is 5. The summed E-state index contributed by atoms with van der Waals surface area (Å²) in [5.74, 6) is -0.403. The van der Waals surface area contributed by atoms with E-state index < -0.39 is 11.8 Å². The highest BCUT2D eigenvalue weighted by Crippen LogP contribution is 2.29. The van der Waals surface area contributed by atoms with E-state index in [-0.39, 0.29) is 6.01 Å². The average molecular weight is 398 g/mol. The van der Waals surface area contributed by atoms with Gasteiger partial charge in [-0.05, 0) is 18.1 Å². The molecular formula is C21H23FN4O3. The van der Waals surface area contributed by atoms with Gasteiger partial charge in [-0.1, -0.05) is 30.3 Å². The maximum absolute atomic E-state index is 14.8. The van der Waals surface area contributed by atoms with Crippen LogP contribution in [0.5, 0.6) is 6.01 Å². The van der Waals surface area contributed by atoms with E-state index in [1.807, 2.05) is 35.2 Å². The van der Waals surface area contributed by atoms with Crippen LogP contribution in [0.4, 0.5) is 14.9 Å². The lowest BCUT2D eigenvalue weighted by atomic mass is 10.1. The zero-order valence-corrected chi connectivity index (χ0v) is 16.2. The van der Waals surface area contributed by atoms with Crippen molar-refractivity contribution in [1.82, 2.24) is 14.9 Å². The summed E-state index contributed by atoms with van der Waals surface area (Å²) in [6.45, 7) is 2.78. The summed E-state index contributed by atoms with van der Waals surface area (Å²) >= 11 is 0. The first-order valence-corrected chi connectivity index (χ1v) is 9.58. The van der Waals surface area contributed by atoms with Crippen molar-refractivity contribution in [3.63, 3.8) is 0 Å². The number of nitrogens with zero attached hydrogens (tertiary/aromatic N) is 3. The fourth-order valence-corrected chi connectivity index (χ4v) is 3.48. The standard InChI is InChI=1S/C21H23FN4O3/c1-28-21-24-17-14-18(25-9-11-29-12-10-25)16(22)13-19(17)26(21)20(27)23-8-7-15-5-3-2-4-6-15/h2-6,13-14H,7-12H2,1H3,(H,23,27). The van der Waals surface area contributed by atoms with Crippen LogP contribution in [0.25, 0.3) is 11.0 Å². The minimum Gasteiger partial charge on any atom is -0.468 e. The number of imidazole rings is 1. The molecule has 1 fully saturated rings. The summed E-state index contributed by atoms with van der Waals surface area (Å²) in [6.07, 6.45) is 0.692. The summed E-state index contributed by atoms with van der Waals surface area (Å²) < 4.78 is 26.7. The van der Waals surface area contributed by atoms with E-state index in [1.54, 1.807) is 6.07 Å². The van der Waals surface area contributed by atoms with Crippen LogP contribution in [0.15, 0.2) is 42.5 Å². The van der Waals surface area contributed by atoms with Gasteiger partial charge in [0, 0.05) is 25.7 Å². The molecule has 152 valence electrons. The Morgan fingerprint density at radius 3 is 2.72 bits per heavy atom. The van der Waals surface area contributed by atoms with Crippen LogP contribution in [0.1, 0.15) is 5.56 Å². The second kappa shape index (κ2) is 8.48. The highest BCUT2D eigenvalue weighted by molar-refractivity contribution is 5.92. The van der Waals surface area contributed by atoms with Crippen molar-refractivity contribution >= 4 is 22.8 Å². The molecule has 0 radical (unpaired) electrons. The molecule has 4 rings (SSSR count). The number of aromatic nitrogens is 2. The lowest BCUT2D eigenvalue weighted by Crippen LogP contribution is -2.36. The van der Waals surface area contributed by atoms with Crippen LogP contribution in [0, 0.1) is 5.82 Å². The highest BCUT2D eigenvalue weighted by Gasteiger charge is 2.22. The van der Waals surface area contributed by atoms with Gasteiger partial charge in [0.1, 0.15) is 5.82 Å². The lowest BCUT2D eigenvalue weighted by molar-refractivity contribution is 0.122. The molecule has 29 heavy (non-hydrogen) atoms. The number of carbonyl (C=O) groups is 1. The molecule has 1 aliphatic rings. The molecule has 0 bridgehead atoms. The van der Waals surface area contributed by atoms with Crippen molar-refractivity contribution in [3.05, 3.63) is 53.8 Å². The van der Waals surface area contributed by atoms with Gasteiger partial charge in [0.25, 0.3) is 0 Å². The number of anilines is 1. The molecule has 3 aromatic rings. The summed E-state index contributed by atoms with van der Waals surface area (Å²) in [7, 11) is 1.44. The third-order valence-corrected chi connectivity index (χ3v) is 4.96. The number of amides is 1. The van der Waals surface area contributed by atoms with Gasteiger partial charge in [0.05, 0.1) is 37.0 Å². The van der Waals surface area contributed by atoms with E-state index in [2.05, 4.69) is 10.3 Å². The first-order chi connectivity index (χ1) is 14.2. The maximum Gasteiger partial charge on any atom is 0.330 e. The number of carbonyl (C=O) groups excluding carboxylic acids is 1. The maximum atomic E-state index is 14.8. The quantitative estimate of drug-likeness (QED) is 0.716. The number of fused-ring (bicyclic) bond motifs is 1. The molecule has 0 aliphatic carbocycles. The van der Waals surface area contributed by atoms with Crippen LogP contribution in [-0.2, 0) is 11.2 Å². The first kappa shape index (κ1) is 19.2. The van der Waals surface area contributed by atoms with E-state index in [0.717, 1.165) is 5.56 Å². The largest absolute Gasteiger partial charge is 0.468 e. The Balaban J connectivity index is 1.57. The van der Waals surface area contributed by atoms with Crippen LogP contribution in [-0.4, -0.2) is 55.5 Å². The molecule has 2 aromatic carbocycles. The Kier molecular flexibility index (Phi) is 5.62. The van der Waals surface area contributed by atoms with Gasteiger partial charge in [-0.3, -0.25) is 0 Å². The monoisotopic (exact) mass is 398 g/mol. The third kappa shape index (κ3) is 4.02. The normalized spacial score (nSPS) is 14.2. The lowest BCUT2D eigenvalue weighted by Gasteiger charge is -2.29. The fourth-order valence-electron chi connectivity index (χ4n) is 3.48. The minimum absolute atomic E-state index is 0.121. The number of rotatable bonds is 5. The van der Waals surface area contributed by atoms with Crippen molar-refractivity contribution in [2.24, 2.45) is 0 Å². The zero-order valence-electron chi connectivity index (χ0n) is 16.2. The second-order valence-electron chi connectivity index (χ2n) is 6.79. The van der Waals surface area contributed by atoms with E-state index in [0.29, 0.717) is 56.0 Å². The van der Waals surface area contributed by atoms with Gasteiger partial charge in [-0.15, -0.1) is 0 Å². The number of morpholine rings is 1.